The summed E-state index contributed by atoms with van der Waals surface area (Å²) in [4.78, 5) is 0. The Hall–Kier alpha value is -1.32. The highest BCUT2D eigenvalue weighted by Crippen LogP contribution is 2.24. The minimum absolute atomic E-state index is 0.189. The van der Waals surface area contributed by atoms with E-state index < -0.39 is 0 Å². The SMILES string of the molecule is CC(C)Oc1ccc(Br)cc1CNCCc1ccccc1. The van der Waals surface area contributed by atoms with Crippen LogP contribution in [0.25, 0.3) is 0 Å². The molecule has 2 aromatic carbocycles. The van der Waals surface area contributed by atoms with Crippen molar-refractivity contribution in [2.24, 2.45) is 0 Å². The van der Waals surface area contributed by atoms with Crippen molar-refractivity contribution in [3.63, 3.8) is 0 Å². The summed E-state index contributed by atoms with van der Waals surface area (Å²) in [6.07, 6.45) is 1.23. The molecule has 0 aliphatic carbocycles. The number of rotatable bonds is 7. The van der Waals surface area contributed by atoms with Gasteiger partial charge in [-0.25, -0.2) is 0 Å². The van der Waals surface area contributed by atoms with Gasteiger partial charge in [0, 0.05) is 16.6 Å². The molecule has 0 fully saturated rings. The Morgan fingerprint density at radius 1 is 1.10 bits per heavy atom. The molecule has 0 spiro atoms. The molecule has 3 heteroatoms. The van der Waals surface area contributed by atoms with Gasteiger partial charge in [0.05, 0.1) is 6.10 Å². The van der Waals surface area contributed by atoms with E-state index in [0.29, 0.717) is 0 Å². The first-order chi connectivity index (χ1) is 10.1. The monoisotopic (exact) mass is 347 g/mol. The van der Waals surface area contributed by atoms with Gasteiger partial charge in [-0.15, -0.1) is 0 Å². The Bertz CT molecular complexity index is 554. The molecular formula is C18H22BrNO. The topological polar surface area (TPSA) is 21.3 Å². The smallest absolute Gasteiger partial charge is 0.124 e. The quantitative estimate of drug-likeness (QED) is 0.740. The van der Waals surface area contributed by atoms with Gasteiger partial charge in [-0.1, -0.05) is 46.3 Å². The first kappa shape index (κ1) is 16.1. The van der Waals surface area contributed by atoms with Crippen molar-refractivity contribution in [2.75, 3.05) is 6.54 Å². The van der Waals surface area contributed by atoms with Gasteiger partial charge in [-0.2, -0.15) is 0 Å². The molecule has 0 heterocycles. The third-order valence-corrected chi connectivity index (χ3v) is 3.63. The normalized spacial score (nSPS) is 10.9. The van der Waals surface area contributed by atoms with Gasteiger partial charge < -0.3 is 10.1 Å². The predicted molar refractivity (Wildman–Crippen MR) is 91.8 cm³/mol. The zero-order chi connectivity index (χ0) is 15.1. The number of hydrogen-bond donors (Lipinski definition) is 1. The largest absolute Gasteiger partial charge is 0.491 e. The van der Waals surface area contributed by atoms with Crippen molar-refractivity contribution in [2.45, 2.75) is 32.9 Å². The lowest BCUT2D eigenvalue weighted by Crippen LogP contribution is -2.18. The van der Waals surface area contributed by atoms with E-state index in [1.165, 1.54) is 11.1 Å². The molecule has 0 amide bonds. The average molecular weight is 348 g/mol. The van der Waals surface area contributed by atoms with E-state index in [1.807, 2.05) is 18.2 Å². The molecule has 2 aromatic rings. The molecule has 0 bridgehead atoms. The van der Waals surface area contributed by atoms with Crippen molar-refractivity contribution < 1.29 is 4.74 Å². The lowest BCUT2D eigenvalue weighted by atomic mass is 10.1. The molecule has 0 unspecified atom stereocenters. The summed E-state index contributed by atoms with van der Waals surface area (Å²) < 4.78 is 6.94. The third kappa shape index (κ3) is 5.52. The molecule has 0 atom stereocenters. The minimum atomic E-state index is 0.189. The van der Waals surface area contributed by atoms with Crippen LogP contribution >= 0.6 is 15.9 Å². The summed E-state index contributed by atoms with van der Waals surface area (Å²) in [5.74, 6) is 0.959. The maximum absolute atomic E-state index is 5.85. The van der Waals surface area contributed by atoms with Crippen LogP contribution in [0.1, 0.15) is 25.0 Å². The van der Waals surface area contributed by atoms with Crippen LogP contribution < -0.4 is 10.1 Å². The standard InChI is InChI=1S/C18H22BrNO/c1-14(2)21-18-9-8-17(19)12-16(18)13-20-11-10-15-6-4-3-5-7-15/h3-9,12,14,20H,10-11,13H2,1-2H3. The minimum Gasteiger partial charge on any atom is -0.491 e. The highest BCUT2D eigenvalue weighted by molar-refractivity contribution is 9.10. The molecule has 0 aliphatic rings. The molecule has 0 aliphatic heterocycles. The maximum atomic E-state index is 5.85. The summed E-state index contributed by atoms with van der Waals surface area (Å²) in [6.45, 7) is 5.87. The molecule has 0 saturated heterocycles. The fourth-order valence-corrected chi connectivity index (χ4v) is 2.56. The lowest BCUT2D eigenvalue weighted by molar-refractivity contribution is 0.239. The molecule has 112 valence electrons. The molecule has 0 radical (unpaired) electrons. The van der Waals surface area contributed by atoms with Crippen LogP contribution in [0.15, 0.2) is 53.0 Å². The summed E-state index contributed by atoms with van der Waals surface area (Å²) in [5.41, 5.74) is 2.55. The van der Waals surface area contributed by atoms with Crippen molar-refractivity contribution in [1.82, 2.24) is 5.32 Å². The lowest BCUT2D eigenvalue weighted by Gasteiger charge is -2.15. The van der Waals surface area contributed by atoms with Crippen molar-refractivity contribution >= 4 is 15.9 Å². The number of halogens is 1. The van der Waals surface area contributed by atoms with Crippen LogP contribution in [0.5, 0.6) is 5.75 Å². The highest BCUT2D eigenvalue weighted by Gasteiger charge is 2.06. The summed E-state index contributed by atoms with van der Waals surface area (Å²) in [7, 11) is 0. The number of benzene rings is 2. The predicted octanol–water partition coefficient (Wildman–Crippen LogP) is 4.57. The van der Waals surface area contributed by atoms with Crippen molar-refractivity contribution in [1.29, 1.82) is 0 Å². The molecular weight excluding hydrogens is 326 g/mol. The van der Waals surface area contributed by atoms with Crippen LogP contribution in [-0.2, 0) is 13.0 Å². The molecule has 1 N–H and O–H groups in total. The summed E-state index contributed by atoms with van der Waals surface area (Å²) in [6, 6.07) is 16.7. The van der Waals surface area contributed by atoms with E-state index in [0.717, 1.165) is 29.7 Å². The molecule has 0 saturated carbocycles. The van der Waals surface area contributed by atoms with Gasteiger partial charge in [0.2, 0.25) is 0 Å². The Morgan fingerprint density at radius 2 is 1.86 bits per heavy atom. The highest BCUT2D eigenvalue weighted by atomic mass is 79.9. The van der Waals surface area contributed by atoms with Gasteiger partial charge in [-0.05, 0) is 50.6 Å². The Balaban J connectivity index is 1.88. The van der Waals surface area contributed by atoms with Gasteiger partial charge in [0.1, 0.15) is 5.75 Å². The maximum Gasteiger partial charge on any atom is 0.124 e. The van der Waals surface area contributed by atoms with Crippen LogP contribution in [-0.4, -0.2) is 12.6 Å². The van der Waals surface area contributed by atoms with E-state index in [1.54, 1.807) is 0 Å². The first-order valence-electron chi connectivity index (χ1n) is 7.35. The van der Waals surface area contributed by atoms with E-state index >= 15 is 0 Å². The van der Waals surface area contributed by atoms with E-state index in [4.69, 9.17) is 4.74 Å². The zero-order valence-corrected chi connectivity index (χ0v) is 14.2. The molecule has 2 nitrogen and oxygen atoms in total. The van der Waals surface area contributed by atoms with Gasteiger partial charge in [0.25, 0.3) is 0 Å². The Morgan fingerprint density at radius 3 is 2.57 bits per heavy atom. The second kappa shape index (κ2) is 8.20. The van der Waals surface area contributed by atoms with E-state index in [-0.39, 0.29) is 6.10 Å². The third-order valence-electron chi connectivity index (χ3n) is 3.13. The van der Waals surface area contributed by atoms with Crippen LogP contribution in [0.3, 0.4) is 0 Å². The summed E-state index contributed by atoms with van der Waals surface area (Å²) in [5, 5.41) is 3.49. The van der Waals surface area contributed by atoms with Crippen LogP contribution in [0.4, 0.5) is 0 Å². The number of hydrogen-bond acceptors (Lipinski definition) is 2. The van der Waals surface area contributed by atoms with Crippen molar-refractivity contribution in [3.05, 3.63) is 64.1 Å². The van der Waals surface area contributed by atoms with Gasteiger partial charge in [0.15, 0.2) is 0 Å². The molecule has 21 heavy (non-hydrogen) atoms. The fourth-order valence-electron chi connectivity index (χ4n) is 2.16. The number of ether oxygens (including phenoxy) is 1. The van der Waals surface area contributed by atoms with Crippen molar-refractivity contribution in [3.8, 4) is 5.75 Å². The zero-order valence-electron chi connectivity index (χ0n) is 12.6. The van der Waals surface area contributed by atoms with E-state index in [2.05, 4.69) is 65.4 Å². The molecule has 2 rings (SSSR count). The first-order valence-corrected chi connectivity index (χ1v) is 8.14. The van der Waals surface area contributed by atoms with Crippen LogP contribution in [0, 0.1) is 0 Å². The molecule has 0 aromatic heterocycles. The van der Waals surface area contributed by atoms with E-state index in [9.17, 15) is 0 Å². The van der Waals surface area contributed by atoms with Gasteiger partial charge >= 0.3 is 0 Å². The second-order valence-electron chi connectivity index (χ2n) is 5.33. The fraction of sp³-hybridized carbons (Fsp3) is 0.333. The van der Waals surface area contributed by atoms with Crippen LogP contribution in [0.2, 0.25) is 0 Å². The number of nitrogens with one attached hydrogen (secondary N) is 1. The Kier molecular flexibility index (Phi) is 6.27. The second-order valence-corrected chi connectivity index (χ2v) is 6.25. The average Bonchev–Trinajstić information content (AvgIpc) is 2.47. The summed E-state index contributed by atoms with van der Waals surface area (Å²) >= 11 is 3.52. The Labute approximate surface area is 135 Å². The van der Waals surface area contributed by atoms with Gasteiger partial charge in [-0.3, -0.25) is 0 Å².